The van der Waals surface area contributed by atoms with E-state index in [-0.39, 0.29) is 12.3 Å². The number of nitrogens with zero attached hydrogens (tertiary/aromatic N) is 4. The summed E-state index contributed by atoms with van der Waals surface area (Å²) in [6.45, 7) is 0.465. The zero-order valence-corrected chi connectivity index (χ0v) is 9.35. The van der Waals surface area contributed by atoms with Crippen LogP contribution in [-0.4, -0.2) is 56.1 Å². The third kappa shape index (κ3) is 3.25. The van der Waals surface area contributed by atoms with Crippen molar-refractivity contribution < 1.29 is 19.8 Å². The molecule has 0 aliphatic carbocycles. The molecule has 2 N–H and O–H groups in total. The first-order valence-electron chi connectivity index (χ1n) is 5.01. The van der Waals surface area contributed by atoms with Crippen molar-refractivity contribution >= 4 is 12.4 Å². The fraction of sp³-hybridized carbons (Fsp3) is 0.556. The minimum absolute atomic E-state index is 0.0196. The van der Waals surface area contributed by atoms with Gasteiger partial charge in [0.05, 0.1) is 6.20 Å². The SMILES string of the molecule is CN(C=O)C(C(=O)O)c1cn(CCCO)nn1. The van der Waals surface area contributed by atoms with Crippen molar-refractivity contribution in [3.8, 4) is 0 Å². The van der Waals surface area contributed by atoms with E-state index < -0.39 is 12.0 Å². The van der Waals surface area contributed by atoms with Gasteiger partial charge < -0.3 is 15.1 Å². The first kappa shape index (κ1) is 13.1. The van der Waals surface area contributed by atoms with Gasteiger partial charge in [-0.05, 0) is 6.42 Å². The number of carbonyl (C=O) groups excluding carboxylic acids is 1. The molecule has 0 saturated heterocycles. The molecule has 1 rings (SSSR count). The van der Waals surface area contributed by atoms with E-state index in [2.05, 4.69) is 10.3 Å². The monoisotopic (exact) mass is 242 g/mol. The summed E-state index contributed by atoms with van der Waals surface area (Å²) in [6.07, 6.45) is 2.38. The molecule has 0 aliphatic rings. The Bertz CT molecular complexity index is 392. The van der Waals surface area contributed by atoms with Crippen molar-refractivity contribution in [2.45, 2.75) is 19.0 Å². The maximum atomic E-state index is 11.0. The van der Waals surface area contributed by atoms with Crippen LogP contribution in [0.1, 0.15) is 18.2 Å². The molecule has 1 amide bonds. The highest BCUT2D eigenvalue weighted by molar-refractivity contribution is 5.77. The van der Waals surface area contributed by atoms with E-state index in [9.17, 15) is 9.59 Å². The Labute approximate surface area is 97.5 Å². The minimum atomic E-state index is -1.17. The van der Waals surface area contributed by atoms with E-state index in [1.807, 2.05) is 0 Å². The highest BCUT2D eigenvalue weighted by atomic mass is 16.4. The van der Waals surface area contributed by atoms with Gasteiger partial charge in [0, 0.05) is 20.2 Å². The molecule has 1 atom stereocenters. The van der Waals surface area contributed by atoms with Crippen LogP contribution in [0.5, 0.6) is 0 Å². The van der Waals surface area contributed by atoms with Gasteiger partial charge in [0.1, 0.15) is 5.69 Å². The average molecular weight is 242 g/mol. The van der Waals surface area contributed by atoms with Crippen LogP contribution in [0.4, 0.5) is 0 Å². The Morgan fingerprint density at radius 2 is 2.41 bits per heavy atom. The highest BCUT2D eigenvalue weighted by Gasteiger charge is 2.26. The number of carboxylic acid groups (broad SMARTS) is 1. The quantitative estimate of drug-likeness (QED) is 0.586. The third-order valence-electron chi connectivity index (χ3n) is 2.19. The number of aliphatic carboxylic acids is 1. The summed E-state index contributed by atoms with van der Waals surface area (Å²) in [6, 6.07) is -1.14. The summed E-state index contributed by atoms with van der Waals surface area (Å²) in [7, 11) is 1.36. The van der Waals surface area contributed by atoms with Crippen LogP contribution in [0.3, 0.4) is 0 Å². The van der Waals surface area contributed by atoms with E-state index in [1.165, 1.54) is 17.9 Å². The van der Waals surface area contributed by atoms with E-state index in [0.717, 1.165) is 4.90 Å². The Kier molecular flexibility index (Phi) is 4.58. The molecular weight excluding hydrogens is 228 g/mol. The lowest BCUT2D eigenvalue weighted by Crippen LogP contribution is -2.30. The minimum Gasteiger partial charge on any atom is -0.479 e. The third-order valence-corrected chi connectivity index (χ3v) is 2.19. The summed E-state index contributed by atoms with van der Waals surface area (Å²) < 4.78 is 1.43. The zero-order chi connectivity index (χ0) is 12.8. The van der Waals surface area contributed by atoms with Crippen molar-refractivity contribution in [2.75, 3.05) is 13.7 Å². The number of aliphatic hydroxyl groups is 1. The molecule has 8 nitrogen and oxygen atoms in total. The van der Waals surface area contributed by atoms with Gasteiger partial charge >= 0.3 is 5.97 Å². The molecule has 8 heteroatoms. The molecule has 0 aromatic carbocycles. The van der Waals surface area contributed by atoms with Crippen LogP contribution in [0.25, 0.3) is 0 Å². The fourth-order valence-corrected chi connectivity index (χ4v) is 1.35. The van der Waals surface area contributed by atoms with Crippen LogP contribution >= 0.6 is 0 Å². The molecule has 0 aliphatic heterocycles. The molecule has 1 heterocycles. The number of amides is 1. The van der Waals surface area contributed by atoms with Crippen molar-refractivity contribution in [2.24, 2.45) is 0 Å². The van der Waals surface area contributed by atoms with E-state index in [0.29, 0.717) is 19.4 Å². The van der Waals surface area contributed by atoms with Crippen LogP contribution in [0, 0.1) is 0 Å². The molecule has 94 valence electrons. The lowest BCUT2D eigenvalue weighted by molar-refractivity contribution is -0.146. The highest BCUT2D eigenvalue weighted by Crippen LogP contribution is 2.15. The van der Waals surface area contributed by atoms with Crippen LogP contribution in [-0.2, 0) is 16.1 Å². The maximum absolute atomic E-state index is 11.0. The van der Waals surface area contributed by atoms with Gasteiger partial charge in [0.2, 0.25) is 6.41 Å². The normalized spacial score (nSPS) is 12.1. The summed E-state index contributed by atoms with van der Waals surface area (Å²) in [5, 5.41) is 25.1. The van der Waals surface area contributed by atoms with E-state index >= 15 is 0 Å². The van der Waals surface area contributed by atoms with Gasteiger partial charge in [0.15, 0.2) is 6.04 Å². The molecule has 1 aromatic heterocycles. The molecule has 0 radical (unpaired) electrons. The van der Waals surface area contributed by atoms with Gasteiger partial charge in [-0.3, -0.25) is 9.48 Å². The topological polar surface area (TPSA) is 109 Å². The molecule has 1 unspecified atom stereocenters. The molecular formula is C9H14N4O4. The van der Waals surface area contributed by atoms with Crippen LogP contribution < -0.4 is 0 Å². The largest absolute Gasteiger partial charge is 0.479 e. The number of aromatic nitrogens is 3. The number of rotatable bonds is 7. The van der Waals surface area contributed by atoms with Gasteiger partial charge in [0.25, 0.3) is 0 Å². The zero-order valence-electron chi connectivity index (χ0n) is 9.35. The Balaban J connectivity index is 2.84. The van der Waals surface area contributed by atoms with Crippen LogP contribution in [0.2, 0.25) is 0 Å². The molecule has 0 bridgehead atoms. The van der Waals surface area contributed by atoms with Gasteiger partial charge in [-0.1, -0.05) is 5.21 Å². The van der Waals surface area contributed by atoms with Crippen molar-refractivity contribution in [1.82, 2.24) is 19.9 Å². The standard InChI is InChI=1S/C9H14N4O4/c1-12(6-15)8(9(16)17)7-5-13(11-10-7)3-2-4-14/h5-6,8,14H,2-4H2,1H3,(H,16,17). The molecule has 17 heavy (non-hydrogen) atoms. The van der Waals surface area contributed by atoms with Crippen molar-refractivity contribution in [3.05, 3.63) is 11.9 Å². The lowest BCUT2D eigenvalue weighted by atomic mass is 10.2. The maximum Gasteiger partial charge on any atom is 0.332 e. The van der Waals surface area contributed by atoms with E-state index in [4.69, 9.17) is 10.2 Å². The van der Waals surface area contributed by atoms with E-state index in [1.54, 1.807) is 0 Å². The number of hydrogen-bond donors (Lipinski definition) is 2. The molecule has 0 spiro atoms. The number of carbonyl (C=O) groups is 2. The Morgan fingerprint density at radius 1 is 1.71 bits per heavy atom. The number of aryl methyl sites for hydroxylation is 1. The second-order valence-corrected chi connectivity index (χ2v) is 3.50. The average Bonchev–Trinajstić information content (AvgIpc) is 2.74. The molecule has 0 saturated carbocycles. The van der Waals surface area contributed by atoms with Gasteiger partial charge in [-0.15, -0.1) is 5.10 Å². The number of likely N-dealkylation sites (N-methyl/N-ethyl adjacent to an activating group) is 1. The summed E-state index contributed by atoms with van der Waals surface area (Å²) >= 11 is 0. The Morgan fingerprint density at radius 3 is 2.94 bits per heavy atom. The first-order chi connectivity index (χ1) is 8.10. The summed E-state index contributed by atoms with van der Waals surface area (Å²) in [5.74, 6) is -1.17. The number of hydrogen-bond acceptors (Lipinski definition) is 5. The smallest absolute Gasteiger partial charge is 0.332 e. The fourth-order valence-electron chi connectivity index (χ4n) is 1.35. The second kappa shape index (κ2) is 5.94. The summed E-state index contributed by atoms with van der Waals surface area (Å²) in [5.41, 5.74) is 0.185. The Hall–Kier alpha value is -1.96. The van der Waals surface area contributed by atoms with Gasteiger partial charge in [-0.25, -0.2) is 4.79 Å². The first-order valence-corrected chi connectivity index (χ1v) is 5.01. The van der Waals surface area contributed by atoms with Crippen molar-refractivity contribution in [3.63, 3.8) is 0 Å². The lowest BCUT2D eigenvalue weighted by Gasteiger charge is -2.17. The second-order valence-electron chi connectivity index (χ2n) is 3.50. The van der Waals surface area contributed by atoms with Gasteiger partial charge in [-0.2, -0.15) is 0 Å². The number of aliphatic hydroxyl groups excluding tert-OH is 1. The number of carboxylic acids is 1. The predicted octanol–water partition coefficient (Wildman–Crippen LogP) is -1.13. The molecule has 1 aromatic rings. The van der Waals surface area contributed by atoms with Crippen LogP contribution in [0.15, 0.2) is 6.20 Å². The van der Waals surface area contributed by atoms with Crippen molar-refractivity contribution in [1.29, 1.82) is 0 Å². The predicted molar refractivity (Wildman–Crippen MR) is 55.9 cm³/mol. The summed E-state index contributed by atoms with van der Waals surface area (Å²) in [4.78, 5) is 22.6. The molecule has 0 fully saturated rings.